The smallest absolute Gasteiger partial charge is 0.433 e. The Balaban J connectivity index is 1.33. The summed E-state index contributed by atoms with van der Waals surface area (Å²) in [6.07, 6.45) is 2.60. The summed E-state index contributed by atoms with van der Waals surface area (Å²) >= 11 is 0. The number of carbonyl (C=O) groups is 2. The molecule has 0 saturated heterocycles. The summed E-state index contributed by atoms with van der Waals surface area (Å²) < 4.78 is 52.5. The van der Waals surface area contributed by atoms with E-state index in [9.17, 15) is 22.8 Å². The molecule has 15 heteroatoms. The molecular weight excluding hydrogens is 653 g/mol. The minimum atomic E-state index is -4.62. The number of aromatic nitrogens is 5. The zero-order valence-corrected chi connectivity index (χ0v) is 28.6. The van der Waals surface area contributed by atoms with Gasteiger partial charge >= 0.3 is 12.1 Å². The van der Waals surface area contributed by atoms with Gasteiger partial charge in [0.25, 0.3) is 5.91 Å². The van der Waals surface area contributed by atoms with Gasteiger partial charge in [0, 0.05) is 50.3 Å². The molecule has 1 amide bonds. The fourth-order valence-corrected chi connectivity index (χ4v) is 6.69. The van der Waals surface area contributed by atoms with E-state index in [1.165, 1.54) is 12.3 Å². The molecule has 0 radical (unpaired) electrons. The van der Waals surface area contributed by atoms with Crippen LogP contribution in [0, 0.1) is 5.41 Å². The van der Waals surface area contributed by atoms with Crippen molar-refractivity contribution in [1.29, 1.82) is 0 Å². The largest absolute Gasteiger partial charge is 0.465 e. The van der Waals surface area contributed by atoms with E-state index in [0.29, 0.717) is 47.0 Å². The maximum atomic E-state index is 14.0. The number of aromatic amines is 1. The van der Waals surface area contributed by atoms with Crippen molar-refractivity contribution < 1.29 is 32.2 Å². The minimum Gasteiger partial charge on any atom is -0.465 e. The molecule has 0 bridgehead atoms. The number of alkyl halides is 3. The first-order valence-corrected chi connectivity index (χ1v) is 16.7. The number of methoxy groups -OCH3 is 1. The van der Waals surface area contributed by atoms with E-state index in [1.54, 1.807) is 44.2 Å². The highest BCUT2D eigenvalue weighted by Crippen LogP contribution is 2.43. The zero-order chi connectivity index (χ0) is 35.6. The molecule has 2 aliphatic carbocycles. The second-order valence-corrected chi connectivity index (χ2v) is 13.3. The molecule has 0 aliphatic heterocycles. The van der Waals surface area contributed by atoms with E-state index in [0.717, 1.165) is 44.6 Å². The van der Waals surface area contributed by atoms with E-state index in [1.807, 2.05) is 7.05 Å². The van der Waals surface area contributed by atoms with Gasteiger partial charge in [0.2, 0.25) is 5.95 Å². The molecule has 50 heavy (non-hydrogen) atoms. The van der Waals surface area contributed by atoms with Gasteiger partial charge in [-0.25, -0.2) is 15.0 Å². The first-order chi connectivity index (χ1) is 23.9. The molecule has 0 atom stereocenters. The Labute approximate surface area is 287 Å². The highest BCUT2D eigenvalue weighted by atomic mass is 19.4. The normalized spacial score (nSPS) is 15.7. The van der Waals surface area contributed by atoms with Crippen LogP contribution in [0.15, 0.2) is 36.5 Å². The standard InChI is InChI=1S/C35H41F3N8O4/c1-5-50-29(47)18-45(2)23-10-11-24(39-17-23)32(48)44-33-42-30-27(46(3)19-34(20-49-4)12-6-7-13-34)16-26(41-31(30)43-33)22-14-25(21-8-9-21)40-28(15-22)35(36,37)38/h10-11,14-17,21H,5-9,12-13,18-20H2,1-4H3,(H2,41,42,43,44,48). The molecule has 6 rings (SSSR count). The van der Waals surface area contributed by atoms with Crippen molar-refractivity contribution in [3.63, 3.8) is 0 Å². The van der Waals surface area contributed by atoms with Gasteiger partial charge in [-0.15, -0.1) is 0 Å². The number of amides is 1. The number of carbonyl (C=O) groups excluding carboxylic acids is 2. The highest BCUT2D eigenvalue weighted by Gasteiger charge is 2.37. The van der Waals surface area contributed by atoms with Crippen molar-refractivity contribution in [3.8, 4) is 11.3 Å². The summed E-state index contributed by atoms with van der Waals surface area (Å²) in [4.78, 5) is 49.4. The number of anilines is 3. The fraction of sp³-hybridized carbons (Fsp3) is 0.486. The summed E-state index contributed by atoms with van der Waals surface area (Å²) in [5.74, 6) is -0.826. The van der Waals surface area contributed by atoms with Crippen molar-refractivity contribution >= 4 is 40.4 Å². The summed E-state index contributed by atoms with van der Waals surface area (Å²) in [5, 5.41) is 2.74. The molecule has 12 nitrogen and oxygen atoms in total. The van der Waals surface area contributed by atoms with Gasteiger partial charge in [-0.1, -0.05) is 12.8 Å². The van der Waals surface area contributed by atoms with E-state index in [4.69, 9.17) is 9.47 Å². The van der Waals surface area contributed by atoms with Crippen LogP contribution in [0.4, 0.5) is 30.5 Å². The fourth-order valence-electron chi connectivity index (χ4n) is 6.69. The van der Waals surface area contributed by atoms with Crippen LogP contribution in [0.2, 0.25) is 0 Å². The summed E-state index contributed by atoms with van der Waals surface area (Å²) in [6, 6.07) is 7.67. The zero-order valence-electron chi connectivity index (χ0n) is 28.6. The lowest BCUT2D eigenvalue weighted by Gasteiger charge is -2.34. The van der Waals surface area contributed by atoms with Crippen LogP contribution in [0.3, 0.4) is 0 Å². The SMILES string of the molecule is CCOC(=O)CN(C)c1ccc(C(=O)Nc2nc3nc(-c4cc(C5CC5)nc(C(F)(F)F)c4)cc(N(C)CC4(COC)CCCC4)c3[nH]2)nc1. The molecule has 2 N–H and O–H groups in total. The molecule has 4 heterocycles. The Hall–Kier alpha value is -4.79. The van der Waals surface area contributed by atoms with Gasteiger partial charge in [0.15, 0.2) is 5.65 Å². The van der Waals surface area contributed by atoms with E-state index in [-0.39, 0.29) is 47.7 Å². The minimum absolute atomic E-state index is 0.00830. The third-order valence-corrected chi connectivity index (χ3v) is 9.29. The number of rotatable bonds is 13. The van der Waals surface area contributed by atoms with Crippen LogP contribution in [0.5, 0.6) is 0 Å². The number of pyridine rings is 3. The number of nitrogens with zero attached hydrogens (tertiary/aromatic N) is 6. The summed E-state index contributed by atoms with van der Waals surface area (Å²) in [6.45, 7) is 3.25. The van der Waals surface area contributed by atoms with Gasteiger partial charge in [-0.2, -0.15) is 18.2 Å². The van der Waals surface area contributed by atoms with Gasteiger partial charge in [-0.05, 0) is 62.9 Å². The molecule has 0 aromatic carbocycles. The first-order valence-electron chi connectivity index (χ1n) is 16.7. The molecule has 4 aromatic heterocycles. The molecule has 0 spiro atoms. The second kappa shape index (κ2) is 14.2. The molecule has 2 fully saturated rings. The maximum absolute atomic E-state index is 14.0. The number of hydrogen-bond acceptors (Lipinski definition) is 10. The van der Waals surface area contributed by atoms with Crippen LogP contribution in [-0.4, -0.2) is 84.3 Å². The van der Waals surface area contributed by atoms with Crippen molar-refractivity contribution in [2.24, 2.45) is 5.41 Å². The monoisotopic (exact) mass is 694 g/mol. The lowest BCUT2D eigenvalue weighted by molar-refractivity contribution is -0.142. The average Bonchev–Trinajstić information content (AvgIpc) is 3.71. The Kier molecular flexibility index (Phi) is 9.96. The van der Waals surface area contributed by atoms with Crippen molar-refractivity contribution in [3.05, 3.63) is 53.6 Å². The van der Waals surface area contributed by atoms with E-state index in [2.05, 4.69) is 35.1 Å². The number of halogens is 3. The Bertz CT molecular complexity index is 1850. The van der Waals surface area contributed by atoms with Crippen molar-refractivity contribution in [2.75, 3.05) is 62.6 Å². The van der Waals surface area contributed by atoms with Crippen molar-refractivity contribution in [1.82, 2.24) is 24.9 Å². The summed E-state index contributed by atoms with van der Waals surface area (Å²) in [7, 11) is 5.33. The van der Waals surface area contributed by atoms with Crippen LogP contribution in [-0.2, 0) is 20.4 Å². The lowest BCUT2D eigenvalue weighted by Crippen LogP contribution is -2.37. The molecule has 2 aliphatic rings. The van der Waals surface area contributed by atoms with Gasteiger partial charge in [-0.3, -0.25) is 14.9 Å². The van der Waals surface area contributed by atoms with Gasteiger partial charge in [0.05, 0.1) is 36.5 Å². The number of imidazole rings is 1. The second-order valence-electron chi connectivity index (χ2n) is 13.3. The molecule has 266 valence electrons. The Morgan fingerprint density at radius 1 is 1.06 bits per heavy atom. The summed E-state index contributed by atoms with van der Waals surface area (Å²) in [5.41, 5.74) is 2.11. The average molecular weight is 695 g/mol. The Morgan fingerprint density at radius 2 is 1.82 bits per heavy atom. The number of likely N-dealkylation sites (N-methyl/N-ethyl adjacent to an activating group) is 1. The third-order valence-electron chi connectivity index (χ3n) is 9.29. The van der Waals surface area contributed by atoms with Crippen LogP contribution in [0.1, 0.15) is 73.2 Å². The molecule has 0 unspecified atom stereocenters. The van der Waals surface area contributed by atoms with Crippen LogP contribution in [0.25, 0.3) is 22.4 Å². The van der Waals surface area contributed by atoms with Crippen LogP contribution < -0.4 is 15.1 Å². The number of H-pyrrole nitrogens is 1. The molecule has 2 saturated carbocycles. The van der Waals surface area contributed by atoms with Crippen LogP contribution >= 0.6 is 0 Å². The number of esters is 1. The topological polar surface area (TPSA) is 138 Å². The number of ether oxygens (including phenoxy) is 2. The van der Waals surface area contributed by atoms with E-state index < -0.39 is 17.8 Å². The predicted octanol–water partition coefficient (Wildman–Crippen LogP) is 6.21. The lowest BCUT2D eigenvalue weighted by atomic mass is 9.86. The molecule has 4 aromatic rings. The third kappa shape index (κ3) is 7.82. The number of hydrogen-bond donors (Lipinski definition) is 2. The van der Waals surface area contributed by atoms with Gasteiger partial charge in [0.1, 0.15) is 23.4 Å². The molecular formula is C35H41F3N8O4. The van der Waals surface area contributed by atoms with E-state index >= 15 is 0 Å². The highest BCUT2D eigenvalue weighted by molar-refractivity contribution is 6.03. The Morgan fingerprint density at radius 3 is 2.46 bits per heavy atom. The maximum Gasteiger partial charge on any atom is 0.433 e. The number of fused-ring (bicyclic) bond motifs is 1. The number of nitrogens with one attached hydrogen (secondary N) is 2. The van der Waals surface area contributed by atoms with Crippen molar-refractivity contribution in [2.45, 2.75) is 57.5 Å². The predicted molar refractivity (Wildman–Crippen MR) is 182 cm³/mol. The first kappa shape index (κ1) is 35.1. The van der Waals surface area contributed by atoms with Gasteiger partial charge < -0.3 is 24.3 Å². The quantitative estimate of drug-likeness (QED) is 0.156.